The van der Waals surface area contributed by atoms with Crippen molar-refractivity contribution in [2.45, 2.75) is 12.5 Å². The first-order valence-electron chi connectivity index (χ1n) is 8.03. The van der Waals surface area contributed by atoms with Crippen LogP contribution in [-0.2, 0) is 9.53 Å². The summed E-state index contributed by atoms with van der Waals surface area (Å²) < 4.78 is 4.97. The summed E-state index contributed by atoms with van der Waals surface area (Å²) in [5, 5.41) is 9.37. The van der Waals surface area contributed by atoms with E-state index < -0.39 is 0 Å². The van der Waals surface area contributed by atoms with E-state index in [0.717, 1.165) is 11.3 Å². The van der Waals surface area contributed by atoms with Crippen molar-refractivity contribution >= 4 is 17.3 Å². The van der Waals surface area contributed by atoms with Crippen molar-refractivity contribution in [3.8, 4) is 0 Å². The van der Waals surface area contributed by atoms with Gasteiger partial charge in [-0.25, -0.2) is 0 Å². The molecule has 1 aliphatic rings. The van der Waals surface area contributed by atoms with Gasteiger partial charge >= 0.3 is 0 Å². The van der Waals surface area contributed by atoms with E-state index in [1.807, 2.05) is 53.5 Å². The van der Waals surface area contributed by atoms with Crippen LogP contribution < -0.4 is 10.3 Å². The van der Waals surface area contributed by atoms with Crippen LogP contribution in [0, 0.1) is 0 Å². The molecule has 0 bridgehead atoms. The molecule has 2 aromatic rings. The average molecular weight is 323 g/mol. The monoisotopic (exact) mass is 323 g/mol. The Balaban J connectivity index is 1.84. The largest absolute Gasteiger partial charge is 0.383 e. The molecule has 1 unspecified atom stereocenters. The summed E-state index contributed by atoms with van der Waals surface area (Å²) in [7, 11) is 1.61. The van der Waals surface area contributed by atoms with Gasteiger partial charge in [0.05, 0.1) is 18.3 Å². The number of para-hydroxylation sites is 1. The number of nitrogens with zero attached hydrogens (tertiary/aromatic N) is 2. The number of carbonyl (C=O) groups excluding carboxylic acids is 1. The average Bonchev–Trinajstić information content (AvgIpc) is 3.09. The van der Waals surface area contributed by atoms with Crippen molar-refractivity contribution in [1.29, 1.82) is 0 Å². The first-order chi connectivity index (χ1) is 11.8. The van der Waals surface area contributed by atoms with E-state index in [2.05, 4.69) is 22.6 Å². The van der Waals surface area contributed by atoms with Crippen molar-refractivity contribution < 1.29 is 9.53 Å². The second-order valence-corrected chi connectivity index (χ2v) is 5.61. The zero-order valence-electron chi connectivity index (χ0n) is 13.7. The van der Waals surface area contributed by atoms with Gasteiger partial charge in [0.25, 0.3) is 5.91 Å². The molecular weight excluding hydrogens is 302 g/mol. The molecule has 2 aromatic carbocycles. The number of benzene rings is 2. The fourth-order valence-electron chi connectivity index (χ4n) is 2.77. The van der Waals surface area contributed by atoms with Crippen LogP contribution in [0.1, 0.15) is 18.0 Å². The van der Waals surface area contributed by atoms with Crippen molar-refractivity contribution in [1.82, 2.24) is 5.32 Å². The van der Waals surface area contributed by atoms with Crippen LogP contribution in [0.3, 0.4) is 0 Å². The first-order valence-corrected chi connectivity index (χ1v) is 8.03. The standard InChI is InChI=1S/C19H21N3O2/c1-24-13-12-20-19(23)17-14-18(15-8-4-2-5-9-15)22(21-17)16-10-6-3-7-11-16/h2-11,18H,12-14H2,1H3,(H,20,23). The highest BCUT2D eigenvalue weighted by Gasteiger charge is 2.32. The highest BCUT2D eigenvalue weighted by atomic mass is 16.5. The van der Waals surface area contributed by atoms with Crippen LogP contribution >= 0.6 is 0 Å². The number of anilines is 1. The number of ether oxygens (including phenoxy) is 1. The van der Waals surface area contributed by atoms with Gasteiger partial charge < -0.3 is 10.1 Å². The summed E-state index contributed by atoms with van der Waals surface area (Å²) in [6, 6.07) is 20.1. The molecule has 0 aliphatic carbocycles. The summed E-state index contributed by atoms with van der Waals surface area (Å²) in [4.78, 5) is 12.3. The summed E-state index contributed by atoms with van der Waals surface area (Å²) >= 11 is 0. The Morgan fingerprint density at radius 2 is 1.83 bits per heavy atom. The Bertz CT molecular complexity index is 701. The number of hydrogen-bond acceptors (Lipinski definition) is 4. The van der Waals surface area contributed by atoms with E-state index in [1.54, 1.807) is 7.11 Å². The van der Waals surface area contributed by atoms with Crippen LogP contribution in [-0.4, -0.2) is 31.9 Å². The Kier molecular flexibility index (Phi) is 5.23. The van der Waals surface area contributed by atoms with Crippen LogP contribution in [0.5, 0.6) is 0 Å². The summed E-state index contributed by atoms with van der Waals surface area (Å²) in [5.41, 5.74) is 2.67. The molecule has 0 aromatic heterocycles. The predicted octanol–water partition coefficient (Wildman–Crippen LogP) is 2.76. The molecule has 1 aliphatic heterocycles. The number of hydrogen-bond donors (Lipinski definition) is 1. The van der Waals surface area contributed by atoms with Gasteiger partial charge in [0.1, 0.15) is 5.71 Å². The van der Waals surface area contributed by atoms with Crippen molar-refractivity contribution in [3.63, 3.8) is 0 Å². The number of carbonyl (C=O) groups is 1. The SMILES string of the molecule is COCCNC(=O)C1=NN(c2ccccc2)C(c2ccccc2)C1. The molecule has 1 amide bonds. The van der Waals surface area contributed by atoms with Gasteiger partial charge in [-0.15, -0.1) is 0 Å². The Morgan fingerprint density at radius 1 is 1.17 bits per heavy atom. The van der Waals surface area contributed by atoms with Crippen molar-refractivity contribution in [2.75, 3.05) is 25.3 Å². The normalized spacial score (nSPS) is 16.8. The summed E-state index contributed by atoms with van der Waals surface area (Å²) in [6.45, 7) is 0.971. The molecule has 0 radical (unpaired) electrons. The van der Waals surface area contributed by atoms with Crippen LogP contribution in [0.4, 0.5) is 5.69 Å². The Labute approximate surface area is 141 Å². The summed E-state index contributed by atoms with van der Waals surface area (Å²) in [6.07, 6.45) is 0.581. The van der Waals surface area contributed by atoms with E-state index in [4.69, 9.17) is 4.74 Å². The minimum absolute atomic E-state index is 0.0248. The topological polar surface area (TPSA) is 53.9 Å². The fourth-order valence-corrected chi connectivity index (χ4v) is 2.77. The summed E-state index contributed by atoms with van der Waals surface area (Å²) in [5.74, 6) is -0.133. The van der Waals surface area contributed by atoms with Crippen LogP contribution in [0.15, 0.2) is 65.8 Å². The van der Waals surface area contributed by atoms with E-state index in [0.29, 0.717) is 25.3 Å². The smallest absolute Gasteiger partial charge is 0.267 e. The molecule has 0 fully saturated rings. The second-order valence-electron chi connectivity index (χ2n) is 5.61. The lowest BCUT2D eigenvalue weighted by molar-refractivity contribution is -0.115. The van der Waals surface area contributed by atoms with E-state index in [1.165, 1.54) is 0 Å². The highest BCUT2D eigenvalue weighted by molar-refractivity contribution is 6.39. The molecule has 0 saturated carbocycles. The van der Waals surface area contributed by atoms with Gasteiger partial charge in [-0.3, -0.25) is 9.80 Å². The third kappa shape index (κ3) is 3.63. The number of rotatable bonds is 6. The molecule has 1 atom stereocenters. The van der Waals surface area contributed by atoms with E-state index in [9.17, 15) is 4.79 Å². The zero-order chi connectivity index (χ0) is 16.8. The fraction of sp³-hybridized carbons (Fsp3) is 0.263. The third-order valence-corrected chi connectivity index (χ3v) is 3.97. The van der Waals surface area contributed by atoms with Crippen LogP contribution in [0.25, 0.3) is 0 Å². The van der Waals surface area contributed by atoms with Gasteiger partial charge in [0.15, 0.2) is 0 Å². The van der Waals surface area contributed by atoms with Crippen molar-refractivity contribution in [2.24, 2.45) is 5.10 Å². The quantitative estimate of drug-likeness (QED) is 0.832. The van der Waals surface area contributed by atoms with Gasteiger partial charge in [-0.2, -0.15) is 5.10 Å². The predicted molar refractivity (Wildman–Crippen MR) is 95.0 cm³/mol. The molecule has 1 heterocycles. The maximum atomic E-state index is 12.3. The van der Waals surface area contributed by atoms with E-state index >= 15 is 0 Å². The van der Waals surface area contributed by atoms with Gasteiger partial charge in [0, 0.05) is 20.1 Å². The molecule has 124 valence electrons. The number of nitrogens with one attached hydrogen (secondary N) is 1. The number of methoxy groups -OCH3 is 1. The molecule has 0 saturated heterocycles. The molecule has 5 nitrogen and oxygen atoms in total. The first kappa shape index (κ1) is 16.2. The maximum Gasteiger partial charge on any atom is 0.267 e. The molecule has 24 heavy (non-hydrogen) atoms. The lowest BCUT2D eigenvalue weighted by atomic mass is 10.0. The van der Waals surface area contributed by atoms with Crippen molar-refractivity contribution in [3.05, 3.63) is 66.2 Å². The molecule has 0 spiro atoms. The Hall–Kier alpha value is -2.66. The molecular formula is C19H21N3O2. The lowest BCUT2D eigenvalue weighted by Gasteiger charge is -2.23. The van der Waals surface area contributed by atoms with Gasteiger partial charge in [-0.1, -0.05) is 48.5 Å². The molecule has 1 N–H and O–H groups in total. The maximum absolute atomic E-state index is 12.3. The number of amides is 1. The Morgan fingerprint density at radius 3 is 2.50 bits per heavy atom. The van der Waals surface area contributed by atoms with E-state index in [-0.39, 0.29) is 11.9 Å². The van der Waals surface area contributed by atoms with Crippen LogP contribution in [0.2, 0.25) is 0 Å². The highest BCUT2D eigenvalue weighted by Crippen LogP contribution is 2.34. The minimum Gasteiger partial charge on any atom is -0.383 e. The minimum atomic E-state index is -0.133. The third-order valence-electron chi connectivity index (χ3n) is 3.97. The van der Waals surface area contributed by atoms with Gasteiger partial charge in [-0.05, 0) is 17.7 Å². The molecule has 5 heteroatoms. The zero-order valence-corrected chi connectivity index (χ0v) is 13.7. The number of hydrazone groups is 1. The second kappa shape index (κ2) is 7.75. The van der Waals surface area contributed by atoms with Gasteiger partial charge in [0.2, 0.25) is 0 Å². The lowest BCUT2D eigenvalue weighted by Crippen LogP contribution is -2.32. The molecule has 3 rings (SSSR count).